The summed E-state index contributed by atoms with van der Waals surface area (Å²) < 4.78 is 1.29. The van der Waals surface area contributed by atoms with Gasteiger partial charge in [0.15, 0.2) is 0 Å². The van der Waals surface area contributed by atoms with Crippen molar-refractivity contribution in [1.29, 1.82) is 5.26 Å². The van der Waals surface area contributed by atoms with Crippen LogP contribution in [0.5, 0.6) is 0 Å². The maximum Gasteiger partial charge on any atom is 0.0893 e. The Labute approximate surface area is 99.3 Å². The predicted molar refractivity (Wildman–Crippen MR) is 67.5 cm³/mol. The molecule has 1 aliphatic rings. The molecule has 1 nitrogen and oxygen atoms in total. The van der Waals surface area contributed by atoms with E-state index in [4.69, 9.17) is 0 Å². The predicted octanol–water partition coefficient (Wildman–Crippen LogP) is 4.09. The van der Waals surface area contributed by atoms with E-state index in [-0.39, 0.29) is 10.8 Å². The Balaban J connectivity index is 2.26. The quantitative estimate of drug-likeness (QED) is 0.719. The summed E-state index contributed by atoms with van der Waals surface area (Å²) in [7, 11) is 0. The van der Waals surface area contributed by atoms with Gasteiger partial charge in [0.1, 0.15) is 0 Å². The van der Waals surface area contributed by atoms with Gasteiger partial charge in [0.05, 0.1) is 11.5 Å². The normalized spacial score (nSPS) is 26.6. The molecule has 80 valence electrons. The van der Waals surface area contributed by atoms with Crippen LogP contribution in [0.4, 0.5) is 0 Å². The average Bonchev–Trinajstić information content (AvgIpc) is 2.67. The average molecular weight is 227 g/mol. The highest BCUT2D eigenvalue weighted by molar-refractivity contribution is 7.17. The third-order valence-corrected chi connectivity index (χ3v) is 4.83. The molecule has 1 fully saturated rings. The molecule has 3 rings (SSSR count). The zero-order valence-electron chi connectivity index (χ0n) is 9.45. The van der Waals surface area contributed by atoms with E-state index in [9.17, 15) is 5.26 Å². The smallest absolute Gasteiger partial charge is 0.0893 e. The van der Waals surface area contributed by atoms with Gasteiger partial charge >= 0.3 is 0 Å². The van der Waals surface area contributed by atoms with Crippen molar-refractivity contribution in [3.63, 3.8) is 0 Å². The number of hydrogen-bond acceptors (Lipinski definition) is 2. The van der Waals surface area contributed by atoms with Gasteiger partial charge in [0, 0.05) is 4.70 Å². The Hall–Kier alpha value is -1.33. The molecule has 2 aromatic rings. The summed E-state index contributed by atoms with van der Waals surface area (Å²) in [5.74, 6) is 0. The fraction of sp³-hybridized carbons (Fsp3) is 0.357. The summed E-state index contributed by atoms with van der Waals surface area (Å²) in [4.78, 5) is 0. The van der Waals surface area contributed by atoms with Crippen LogP contribution in [0.25, 0.3) is 10.1 Å². The van der Waals surface area contributed by atoms with Crippen LogP contribution in [0, 0.1) is 16.7 Å². The molecular weight excluding hydrogens is 214 g/mol. The van der Waals surface area contributed by atoms with Crippen LogP contribution in [0.15, 0.2) is 29.6 Å². The molecule has 1 aromatic carbocycles. The molecule has 1 atom stereocenters. The fourth-order valence-corrected chi connectivity index (χ4v) is 3.67. The van der Waals surface area contributed by atoms with Crippen molar-refractivity contribution in [2.75, 3.05) is 0 Å². The highest BCUT2D eigenvalue weighted by atomic mass is 32.1. The van der Waals surface area contributed by atoms with Crippen molar-refractivity contribution in [3.05, 3.63) is 35.2 Å². The maximum atomic E-state index is 9.48. The molecule has 1 unspecified atom stereocenters. The molecule has 0 saturated heterocycles. The van der Waals surface area contributed by atoms with E-state index in [1.807, 2.05) is 0 Å². The first kappa shape index (κ1) is 9.86. The molecule has 2 heteroatoms. The summed E-state index contributed by atoms with van der Waals surface area (Å²) in [5.41, 5.74) is 1.12. The van der Waals surface area contributed by atoms with E-state index in [2.05, 4.69) is 49.6 Å². The van der Waals surface area contributed by atoms with Gasteiger partial charge in [-0.15, -0.1) is 11.3 Å². The molecule has 1 aliphatic carbocycles. The molecule has 1 heterocycles. The number of nitrogens with zero attached hydrogens (tertiary/aromatic N) is 1. The molecular formula is C14H13NS. The lowest BCUT2D eigenvalue weighted by Gasteiger charge is -2.11. The Bertz CT molecular complexity index is 602. The number of rotatable bonds is 1. The Morgan fingerprint density at radius 3 is 2.62 bits per heavy atom. The Kier molecular flexibility index (Phi) is 1.77. The van der Waals surface area contributed by atoms with Crippen LogP contribution >= 0.6 is 11.3 Å². The van der Waals surface area contributed by atoms with Gasteiger partial charge in [-0.25, -0.2) is 0 Å². The van der Waals surface area contributed by atoms with Crippen molar-refractivity contribution >= 4 is 21.4 Å². The fourth-order valence-electron chi connectivity index (χ4n) is 2.64. The highest BCUT2D eigenvalue weighted by Crippen LogP contribution is 2.65. The van der Waals surface area contributed by atoms with Crippen molar-refractivity contribution in [2.24, 2.45) is 5.41 Å². The van der Waals surface area contributed by atoms with Gasteiger partial charge < -0.3 is 0 Å². The molecule has 1 saturated carbocycles. The molecule has 16 heavy (non-hydrogen) atoms. The van der Waals surface area contributed by atoms with Crippen molar-refractivity contribution in [2.45, 2.75) is 25.7 Å². The summed E-state index contributed by atoms with van der Waals surface area (Å²) in [6, 6.07) is 10.9. The second-order valence-electron chi connectivity index (χ2n) is 5.22. The van der Waals surface area contributed by atoms with Gasteiger partial charge in [0.25, 0.3) is 0 Å². The molecule has 1 aromatic heterocycles. The second kappa shape index (κ2) is 2.87. The van der Waals surface area contributed by atoms with Crippen molar-refractivity contribution in [3.8, 4) is 6.07 Å². The van der Waals surface area contributed by atoms with E-state index >= 15 is 0 Å². The van der Waals surface area contributed by atoms with Gasteiger partial charge in [-0.3, -0.25) is 0 Å². The molecule has 0 amide bonds. The Morgan fingerprint density at radius 1 is 1.31 bits per heavy atom. The topological polar surface area (TPSA) is 23.8 Å². The van der Waals surface area contributed by atoms with E-state index in [0.717, 1.165) is 6.42 Å². The van der Waals surface area contributed by atoms with Crippen LogP contribution in [0.3, 0.4) is 0 Å². The third kappa shape index (κ3) is 1.04. The minimum atomic E-state index is -0.243. The van der Waals surface area contributed by atoms with Crippen LogP contribution in [-0.4, -0.2) is 0 Å². The second-order valence-corrected chi connectivity index (χ2v) is 6.13. The SMILES string of the molecule is CC1(C)CC1(C#N)c1csc2ccccc12. The number of benzene rings is 1. The van der Waals surface area contributed by atoms with Crippen LogP contribution in [-0.2, 0) is 5.41 Å². The lowest BCUT2D eigenvalue weighted by molar-refractivity contribution is 0.573. The third-order valence-electron chi connectivity index (χ3n) is 3.87. The minimum absolute atomic E-state index is 0.131. The molecule has 0 N–H and O–H groups in total. The van der Waals surface area contributed by atoms with Crippen LogP contribution in [0.1, 0.15) is 25.8 Å². The molecule has 0 spiro atoms. The van der Waals surface area contributed by atoms with E-state index in [0.29, 0.717) is 0 Å². The minimum Gasteiger partial charge on any atom is -0.197 e. The van der Waals surface area contributed by atoms with E-state index in [1.165, 1.54) is 15.6 Å². The summed E-state index contributed by atoms with van der Waals surface area (Å²) in [5, 5.41) is 12.9. The van der Waals surface area contributed by atoms with Crippen LogP contribution < -0.4 is 0 Å². The number of fused-ring (bicyclic) bond motifs is 1. The monoisotopic (exact) mass is 227 g/mol. The molecule has 0 radical (unpaired) electrons. The largest absolute Gasteiger partial charge is 0.197 e. The van der Waals surface area contributed by atoms with Gasteiger partial charge in [-0.1, -0.05) is 32.0 Å². The van der Waals surface area contributed by atoms with Crippen molar-refractivity contribution < 1.29 is 0 Å². The highest BCUT2D eigenvalue weighted by Gasteiger charge is 2.63. The van der Waals surface area contributed by atoms with Gasteiger partial charge in [-0.2, -0.15) is 5.26 Å². The maximum absolute atomic E-state index is 9.48. The summed E-state index contributed by atoms with van der Waals surface area (Å²) in [6.45, 7) is 4.37. The number of nitriles is 1. The van der Waals surface area contributed by atoms with E-state index in [1.54, 1.807) is 11.3 Å². The summed E-state index contributed by atoms with van der Waals surface area (Å²) in [6.07, 6.45) is 0.983. The molecule has 0 aliphatic heterocycles. The van der Waals surface area contributed by atoms with Gasteiger partial charge in [-0.05, 0) is 34.2 Å². The Morgan fingerprint density at radius 2 is 2.00 bits per heavy atom. The molecule has 0 bridgehead atoms. The summed E-state index contributed by atoms with van der Waals surface area (Å²) >= 11 is 1.75. The lowest BCUT2D eigenvalue weighted by atomic mass is 9.89. The standard InChI is InChI=1S/C14H13NS/c1-13(2)8-14(13,9-15)11-7-16-12-6-4-3-5-10(11)12/h3-7H,8H2,1-2H3. The van der Waals surface area contributed by atoms with Crippen molar-refractivity contribution in [1.82, 2.24) is 0 Å². The van der Waals surface area contributed by atoms with Gasteiger partial charge in [0.2, 0.25) is 0 Å². The first-order chi connectivity index (χ1) is 7.61. The number of thiophene rings is 1. The zero-order chi connectivity index (χ0) is 11.4. The van der Waals surface area contributed by atoms with E-state index < -0.39 is 0 Å². The first-order valence-corrected chi connectivity index (χ1v) is 6.37. The number of hydrogen-bond donors (Lipinski definition) is 0. The van der Waals surface area contributed by atoms with Crippen LogP contribution in [0.2, 0.25) is 0 Å². The lowest BCUT2D eigenvalue weighted by Crippen LogP contribution is -2.10. The first-order valence-electron chi connectivity index (χ1n) is 5.49. The zero-order valence-corrected chi connectivity index (χ0v) is 10.3.